The van der Waals surface area contributed by atoms with Crippen LogP contribution < -0.4 is 10.6 Å². The molecule has 2 rings (SSSR count). The van der Waals surface area contributed by atoms with Crippen LogP contribution in [0, 0.1) is 0 Å². The Hall–Kier alpha value is -1.14. The number of rotatable bonds is 3. The molecule has 0 aromatic heterocycles. The molecule has 0 aliphatic carbocycles. The molecule has 2 aliphatic heterocycles. The van der Waals surface area contributed by atoms with Gasteiger partial charge in [-0.25, -0.2) is 4.79 Å². The first kappa shape index (κ1) is 12.3. The summed E-state index contributed by atoms with van der Waals surface area (Å²) < 4.78 is 5.09. The topological polar surface area (TPSA) is 87.7 Å². The second-order valence-corrected chi connectivity index (χ2v) is 4.68. The summed E-state index contributed by atoms with van der Waals surface area (Å²) in [5.41, 5.74) is -1.23. The van der Waals surface area contributed by atoms with Gasteiger partial charge in [-0.2, -0.15) is 0 Å². The van der Waals surface area contributed by atoms with E-state index in [1.165, 1.54) is 0 Å². The summed E-state index contributed by atoms with van der Waals surface area (Å²) in [5, 5.41) is 14.9. The van der Waals surface area contributed by atoms with E-state index >= 15 is 0 Å². The second-order valence-electron chi connectivity index (χ2n) is 4.68. The summed E-state index contributed by atoms with van der Waals surface area (Å²) in [6.45, 7) is 1.25. The third kappa shape index (κ3) is 2.58. The van der Waals surface area contributed by atoms with Crippen LogP contribution in [0.4, 0.5) is 0 Å². The number of piperidine rings is 1. The Morgan fingerprint density at radius 2 is 2.24 bits per heavy atom. The molecule has 6 heteroatoms. The molecule has 17 heavy (non-hydrogen) atoms. The fraction of sp³-hybridized carbons (Fsp3) is 0.818. The Morgan fingerprint density at radius 1 is 1.41 bits per heavy atom. The Kier molecular flexibility index (Phi) is 3.63. The van der Waals surface area contributed by atoms with Crippen molar-refractivity contribution in [1.29, 1.82) is 0 Å². The van der Waals surface area contributed by atoms with Crippen LogP contribution in [0.25, 0.3) is 0 Å². The summed E-state index contributed by atoms with van der Waals surface area (Å²) in [6.07, 6.45) is 3.17. The van der Waals surface area contributed by atoms with E-state index in [9.17, 15) is 14.7 Å². The molecular formula is C11H18N2O4. The molecule has 0 bridgehead atoms. The van der Waals surface area contributed by atoms with Gasteiger partial charge in [-0.3, -0.25) is 4.79 Å². The number of carbonyl (C=O) groups excluding carboxylic acids is 1. The summed E-state index contributed by atoms with van der Waals surface area (Å²) >= 11 is 0. The van der Waals surface area contributed by atoms with E-state index in [1.54, 1.807) is 0 Å². The lowest BCUT2D eigenvalue weighted by molar-refractivity contribution is -0.148. The average molecular weight is 242 g/mol. The number of carbonyl (C=O) groups is 2. The number of aliphatic carboxylic acids is 1. The third-order valence-electron chi connectivity index (χ3n) is 3.42. The maximum atomic E-state index is 12.0. The first-order valence-electron chi connectivity index (χ1n) is 6.01. The smallest absolute Gasteiger partial charge is 0.331 e. The Balaban J connectivity index is 1.98. The molecular weight excluding hydrogens is 224 g/mol. The van der Waals surface area contributed by atoms with Crippen LogP contribution in [0.2, 0.25) is 0 Å². The molecule has 2 fully saturated rings. The van der Waals surface area contributed by atoms with Crippen molar-refractivity contribution in [2.24, 2.45) is 0 Å². The number of hydrogen-bond donors (Lipinski definition) is 3. The molecule has 2 aliphatic rings. The molecule has 0 radical (unpaired) electrons. The van der Waals surface area contributed by atoms with E-state index in [4.69, 9.17) is 4.74 Å². The zero-order valence-corrected chi connectivity index (χ0v) is 9.70. The first-order valence-corrected chi connectivity index (χ1v) is 6.01. The zero-order valence-electron chi connectivity index (χ0n) is 9.70. The van der Waals surface area contributed by atoms with Crippen LogP contribution in [0.5, 0.6) is 0 Å². The second kappa shape index (κ2) is 5.01. The van der Waals surface area contributed by atoms with E-state index < -0.39 is 11.5 Å². The summed E-state index contributed by atoms with van der Waals surface area (Å²) in [5.74, 6) is -1.24. The molecule has 0 saturated carbocycles. The molecule has 1 unspecified atom stereocenters. The zero-order chi connectivity index (χ0) is 12.3. The van der Waals surface area contributed by atoms with Gasteiger partial charge in [0.05, 0.1) is 12.6 Å². The van der Waals surface area contributed by atoms with Gasteiger partial charge in [0.1, 0.15) is 0 Å². The normalized spacial score (nSPS) is 33.3. The van der Waals surface area contributed by atoms with Gasteiger partial charge in [0.25, 0.3) is 0 Å². The van der Waals surface area contributed by atoms with E-state index in [-0.39, 0.29) is 18.6 Å². The van der Waals surface area contributed by atoms with E-state index in [2.05, 4.69) is 10.6 Å². The van der Waals surface area contributed by atoms with Crippen molar-refractivity contribution >= 4 is 11.9 Å². The van der Waals surface area contributed by atoms with Crippen molar-refractivity contribution in [2.45, 2.75) is 37.3 Å². The molecule has 0 aromatic carbocycles. The van der Waals surface area contributed by atoms with Crippen molar-refractivity contribution in [3.05, 3.63) is 0 Å². The van der Waals surface area contributed by atoms with Gasteiger partial charge in [0.2, 0.25) is 5.91 Å². The monoisotopic (exact) mass is 242 g/mol. The van der Waals surface area contributed by atoms with Crippen LogP contribution in [-0.2, 0) is 14.3 Å². The van der Waals surface area contributed by atoms with Crippen molar-refractivity contribution in [3.8, 4) is 0 Å². The van der Waals surface area contributed by atoms with Crippen LogP contribution in [0.1, 0.15) is 25.7 Å². The lowest BCUT2D eigenvalue weighted by Crippen LogP contribution is -2.59. The number of amides is 1. The molecule has 6 nitrogen and oxygen atoms in total. The van der Waals surface area contributed by atoms with Crippen molar-refractivity contribution in [2.75, 3.05) is 19.8 Å². The Labute approximate surface area is 99.7 Å². The largest absolute Gasteiger partial charge is 0.479 e. The maximum Gasteiger partial charge on any atom is 0.331 e. The molecule has 96 valence electrons. The fourth-order valence-corrected chi connectivity index (χ4v) is 2.28. The van der Waals surface area contributed by atoms with Crippen LogP contribution >= 0.6 is 0 Å². The van der Waals surface area contributed by atoms with Crippen LogP contribution in [0.3, 0.4) is 0 Å². The molecule has 2 atom stereocenters. The minimum Gasteiger partial charge on any atom is -0.479 e. The maximum absolute atomic E-state index is 12.0. The van der Waals surface area contributed by atoms with Crippen LogP contribution in [0.15, 0.2) is 0 Å². The first-order chi connectivity index (χ1) is 8.14. The van der Waals surface area contributed by atoms with Gasteiger partial charge in [-0.1, -0.05) is 6.42 Å². The molecule has 2 heterocycles. The van der Waals surface area contributed by atoms with Gasteiger partial charge >= 0.3 is 5.97 Å². The Morgan fingerprint density at radius 3 is 2.76 bits per heavy atom. The van der Waals surface area contributed by atoms with Gasteiger partial charge in [0, 0.05) is 13.0 Å². The number of hydrogen-bond acceptors (Lipinski definition) is 4. The standard InChI is InChI=1S/C11H18N2O4/c14-9(8-3-1-2-5-12-8)13-11(10(15)16)4-6-17-7-11/h8,12H,1-7H2,(H,13,14)(H,15,16)/t8-,11?/m0/s1. The highest BCUT2D eigenvalue weighted by atomic mass is 16.5. The lowest BCUT2D eigenvalue weighted by atomic mass is 9.97. The van der Waals surface area contributed by atoms with Gasteiger partial charge < -0.3 is 20.5 Å². The quantitative estimate of drug-likeness (QED) is 0.620. The van der Waals surface area contributed by atoms with Crippen LogP contribution in [-0.4, -0.2) is 48.3 Å². The van der Waals surface area contributed by atoms with E-state index in [0.29, 0.717) is 13.0 Å². The minimum atomic E-state index is -1.23. The fourth-order valence-electron chi connectivity index (χ4n) is 2.28. The highest BCUT2D eigenvalue weighted by molar-refractivity contribution is 5.90. The van der Waals surface area contributed by atoms with Gasteiger partial charge in [0.15, 0.2) is 5.54 Å². The van der Waals surface area contributed by atoms with Crippen molar-refractivity contribution in [3.63, 3.8) is 0 Å². The molecule has 2 saturated heterocycles. The van der Waals surface area contributed by atoms with Crippen molar-refractivity contribution < 1.29 is 19.4 Å². The predicted molar refractivity (Wildman–Crippen MR) is 59.6 cm³/mol. The molecule has 0 spiro atoms. The summed E-state index contributed by atoms with van der Waals surface area (Å²) in [7, 11) is 0. The average Bonchev–Trinajstić information content (AvgIpc) is 2.80. The summed E-state index contributed by atoms with van der Waals surface area (Å²) in [4.78, 5) is 23.2. The van der Waals surface area contributed by atoms with E-state index in [1.807, 2.05) is 0 Å². The Bertz CT molecular complexity index is 307. The molecule has 0 aromatic rings. The molecule has 3 N–H and O–H groups in total. The number of carboxylic acids is 1. The van der Waals surface area contributed by atoms with E-state index in [0.717, 1.165) is 25.8 Å². The number of ether oxygens (including phenoxy) is 1. The van der Waals surface area contributed by atoms with Gasteiger partial charge in [-0.15, -0.1) is 0 Å². The highest BCUT2D eigenvalue weighted by Gasteiger charge is 2.44. The predicted octanol–water partition coefficient (Wildman–Crippen LogP) is -0.512. The highest BCUT2D eigenvalue weighted by Crippen LogP contribution is 2.20. The van der Waals surface area contributed by atoms with Crippen molar-refractivity contribution in [1.82, 2.24) is 10.6 Å². The minimum absolute atomic E-state index is 0.0563. The number of nitrogens with one attached hydrogen (secondary N) is 2. The third-order valence-corrected chi connectivity index (χ3v) is 3.42. The lowest BCUT2D eigenvalue weighted by Gasteiger charge is -2.28. The van der Waals surface area contributed by atoms with Gasteiger partial charge in [-0.05, 0) is 19.4 Å². The number of carboxylic acid groups (broad SMARTS) is 1. The molecule has 1 amide bonds. The summed E-state index contributed by atoms with van der Waals surface area (Å²) in [6, 6.07) is -0.263. The SMILES string of the molecule is O=C(NC1(C(=O)O)CCOC1)[C@@H]1CCCCN1.